The molecule has 0 aliphatic carbocycles. The molecule has 3 rings (SSSR count). The molecule has 0 radical (unpaired) electrons. The zero-order valence-electron chi connectivity index (χ0n) is 19.2. The van der Waals surface area contributed by atoms with Crippen LogP contribution in [0.5, 0.6) is 0 Å². The molecule has 3 aromatic carbocycles. The largest absolute Gasteiger partial charge is 0.462 e. The standard InChI is InChI=1S/C28H37NO2/c1-29(2)18-12-8-6-4-3-5-7-9-13-19-31-28(30)26-17-16-25-20-23-14-10-11-15-24(23)21-27(25)22-26/h10-11,14-17,20-22H,3-9,12-13,18-19H2,1-2H3. The van der Waals surface area contributed by atoms with Gasteiger partial charge in [-0.25, -0.2) is 4.79 Å². The second kappa shape index (κ2) is 12.5. The van der Waals surface area contributed by atoms with E-state index in [0.717, 1.165) is 23.6 Å². The van der Waals surface area contributed by atoms with E-state index in [1.807, 2.05) is 30.3 Å². The average molecular weight is 420 g/mol. The number of unbranched alkanes of at least 4 members (excludes halogenated alkanes) is 8. The lowest BCUT2D eigenvalue weighted by Gasteiger charge is -2.08. The van der Waals surface area contributed by atoms with Gasteiger partial charge in [-0.2, -0.15) is 0 Å². The Morgan fingerprint density at radius 1 is 0.677 bits per heavy atom. The van der Waals surface area contributed by atoms with E-state index in [0.29, 0.717) is 12.2 Å². The van der Waals surface area contributed by atoms with Crippen molar-refractivity contribution in [2.75, 3.05) is 27.2 Å². The lowest BCUT2D eigenvalue weighted by atomic mass is 10.0. The Labute approximate surface area is 187 Å². The number of benzene rings is 3. The van der Waals surface area contributed by atoms with Crippen LogP contribution in [0.15, 0.2) is 54.6 Å². The first-order chi connectivity index (χ1) is 15.1. The molecule has 0 saturated heterocycles. The smallest absolute Gasteiger partial charge is 0.338 e. The van der Waals surface area contributed by atoms with Gasteiger partial charge in [0.25, 0.3) is 0 Å². The maximum atomic E-state index is 12.4. The quantitative estimate of drug-likeness (QED) is 0.166. The lowest BCUT2D eigenvalue weighted by molar-refractivity contribution is 0.0498. The zero-order valence-corrected chi connectivity index (χ0v) is 19.2. The molecule has 0 N–H and O–H groups in total. The first kappa shape index (κ1) is 23.3. The molecule has 0 aliphatic heterocycles. The molecular weight excluding hydrogens is 382 g/mol. The van der Waals surface area contributed by atoms with Gasteiger partial charge in [0.05, 0.1) is 12.2 Å². The average Bonchev–Trinajstić information content (AvgIpc) is 2.77. The number of nitrogens with zero attached hydrogens (tertiary/aromatic N) is 1. The summed E-state index contributed by atoms with van der Waals surface area (Å²) in [6.07, 6.45) is 11.3. The zero-order chi connectivity index (χ0) is 21.9. The summed E-state index contributed by atoms with van der Waals surface area (Å²) in [5.74, 6) is -0.215. The summed E-state index contributed by atoms with van der Waals surface area (Å²) in [5.41, 5.74) is 0.636. The van der Waals surface area contributed by atoms with Crippen LogP contribution < -0.4 is 0 Å². The molecule has 3 aromatic rings. The molecular formula is C28H37NO2. The van der Waals surface area contributed by atoms with E-state index in [-0.39, 0.29) is 5.97 Å². The molecule has 0 fully saturated rings. The van der Waals surface area contributed by atoms with E-state index in [1.54, 1.807) is 0 Å². The van der Waals surface area contributed by atoms with Gasteiger partial charge in [-0.3, -0.25) is 0 Å². The van der Waals surface area contributed by atoms with Crippen molar-refractivity contribution >= 4 is 27.5 Å². The van der Waals surface area contributed by atoms with E-state index in [4.69, 9.17) is 4.74 Å². The summed E-state index contributed by atoms with van der Waals surface area (Å²) in [7, 11) is 4.28. The van der Waals surface area contributed by atoms with Gasteiger partial charge in [0, 0.05) is 0 Å². The number of carbonyl (C=O) groups excluding carboxylic acids is 1. The molecule has 0 amide bonds. The number of esters is 1. The highest BCUT2D eigenvalue weighted by molar-refractivity contribution is 6.01. The van der Waals surface area contributed by atoms with Gasteiger partial charge >= 0.3 is 5.97 Å². The summed E-state index contributed by atoms with van der Waals surface area (Å²) in [5, 5.41) is 4.63. The highest BCUT2D eigenvalue weighted by Gasteiger charge is 2.08. The minimum atomic E-state index is -0.215. The van der Waals surface area contributed by atoms with Crippen molar-refractivity contribution in [1.29, 1.82) is 0 Å². The molecule has 3 heteroatoms. The van der Waals surface area contributed by atoms with E-state index < -0.39 is 0 Å². The van der Waals surface area contributed by atoms with E-state index in [1.165, 1.54) is 62.3 Å². The van der Waals surface area contributed by atoms with Crippen LogP contribution in [0, 0.1) is 0 Å². The Bertz CT molecular complexity index is 964. The van der Waals surface area contributed by atoms with Crippen LogP contribution in [0.2, 0.25) is 0 Å². The summed E-state index contributed by atoms with van der Waals surface area (Å²) in [4.78, 5) is 14.7. The fourth-order valence-electron chi connectivity index (χ4n) is 4.08. The van der Waals surface area contributed by atoms with Crippen molar-refractivity contribution in [2.45, 2.75) is 57.8 Å². The second-order valence-electron chi connectivity index (χ2n) is 8.88. The molecule has 0 spiro atoms. The Hall–Kier alpha value is -2.39. The lowest BCUT2D eigenvalue weighted by Crippen LogP contribution is -2.12. The fraction of sp³-hybridized carbons (Fsp3) is 0.464. The minimum absolute atomic E-state index is 0.215. The van der Waals surface area contributed by atoms with Crippen LogP contribution >= 0.6 is 0 Å². The van der Waals surface area contributed by atoms with Crippen molar-refractivity contribution in [3.8, 4) is 0 Å². The van der Waals surface area contributed by atoms with Crippen LogP contribution in [0.4, 0.5) is 0 Å². The molecule has 166 valence electrons. The first-order valence-electron chi connectivity index (χ1n) is 11.9. The number of hydrogen-bond donors (Lipinski definition) is 0. The number of rotatable bonds is 13. The van der Waals surface area contributed by atoms with Crippen molar-refractivity contribution < 1.29 is 9.53 Å². The molecule has 0 aliphatic rings. The number of hydrogen-bond acceptors (Lipinski definition) is 3. The van der Waals surface area contributed by atoms with Crippen molar-refractivity contribution in [3.05, 3.63) is 60.2 Å². The van der Waals surface area contributed by atoms with Crippen LogP contribution in [0.3, 0.4) is 0 Å². The second-order valence-corrected chi connectivity index (χ2v) is 8.88. The normalized spacial score (nSPS) is 11.5. The van der Waals surface area contributed by atoms with E-state index >= 15 is 0 Å². The predicted molar refractivity (Wildman–Crippen MR) is 132 cm³/mol. The predicted octanol–water partition coefficient (Wildman–Crippen LogP) is 7.22. The molecule has 0 unspecified atom stereocenters. The molecule has 3 nitrogen and oxygen atoms in total. The molecule has 0 aromatic heterocycles. The first-order valence-corrected chi connectivity index (χ1v) is 11.9. The highest BCUT2D eigenvalue weighted by Crippen LogP contribution is 2.24. The van der Waals surface area contributed by atoms with E-state index in [9.17, 15) is 4.79 Å². The summed E-state index contributed by atoms with van der Waals surface area (Å²) >= 11 is 0. The van der Waals surface area contributed by atoms with Crippen molar-refractivity contribution in [1.82, 2.24) is 4.90 Å². The SMILES string of the molecule is CN(C)CCCCCCCCCCCOC(=O)c1ccc2cc3ccccc3cc2c1. The van der Waals surface area contributed by atoms with Gasteiger partial charge in [0.2, 0.25) is 0 Å². The molecule has 31 heavy (non-hydrogen) atoms. The highest BCUT2D eigenvalue weighted by atomic mass is 16.5. The Morgan fingerprint density at radius 2 is 1.23 bits per heavy atom. The van der Waals surface area contributed by atoms with Crippen molar-refractivity contribution in [2.24, 2.45) is 0 Å². The maximum Gasteiger partial charge on any atom is 0.338 e. The van der Waals surface area contributed by atoms with Crippen LogP contribution in [-0.2, 0) is 4.74 Å². The third-order valence-electron chi connectivity index (χ3n) is 5.92. The third-order valence-corrected chi connectivity index (χ3v) is 5.92. The van der Waals surface area contributed by atoms with E-state index in [2.05, 4.69) is 43.3 Å². The summed E-state index contributed by atoms with van der Waals surface area (Å²) in [6.45, 7) is 1.72. The third kappa shape index (κ3) is 7.66. The Morgan fingerprint density at radius 3 is 1.87 bits per heavy atom. The van der Waals surface area contributed by atoms with Crippen LogP contribution in [0.25, 0.3) is 21.5 Å². The monoisotopic (exact) mass is 419 g/mol. The van der Waals surface area contributed by atoms with Gasteiger partial charge < -0.3 is 9.64 Å². The fourth-order valence-corrected chi connectivity index (χ4v) is 4.08. The Kier molecular flexibility index (Phi) is 9.36. The van der Waals surface area contributed by atoms with Crippen molar-refractivity contribution in [3.63, 3.8) is 0 Å². The Balaban J connectivity index is 1.31. The molecule has 0 atom stereocenters. The number of fused-ring (bicyclic) bond motifs is 2. The maximum absolute atomic E-state index is 12.4. The van der Waals surface area contributed by atoms with Gasteiger partial charge in [-0.1, -0.05) is 75.3 Å². The van der Waals surface area contributed by atoms with Gasteiger partial charge in [-0.15, -0.1) is 0 Å². The van der Waals surface area contributed by atoms with Gasteiger partial charge in [0.15, 0.2) is 0 Å². The summed E-state index contributed by atoms with van der Waals surface area (Å²) < 4.78 is 5.51. The molecule has 0 bridgehead atoms. The molecule has 0 heterocycles. The van der Waals surface area contributed by atoms with Gasteiger partial charge in [0.1, 0.15) is 0 Å². The molecule has 0 saturated carbocycles. The number of carbonyl (C=O) groups is 1. The van der Waals surface area contributed by atoms with Crippen LogP contribution in [0.1, 0.15) is 68.1 Å². The number of ether oxygens (including phenoxy) is 1. The topological polar surface area (TPSA) is 29.5 Å². The van der Waals surface area contributed by atoms with Crippen LogP contribution in [-0.4, -0.2) is 38.1 Å². The minimum Gasteiger partial charge on any atom is -0.462 e. The van der Waals surface area contributed by atoms with Gasteiger partial charge in [-0.05, 0) is 79.3 Å². The summed E-state index contributed by atoms with van der Waals surface area (Å²) in [6, 6.07) is 18.5.